The largest absolute Gasteiger partial charge is 0.384 e. The van der Waals surface area contributed by atoms with Gasteiger partial charge in [0.25, 0.3) is 0 Å². The molecule has 0 spiro atoms. The maximum atomic E-state index is 10.3. The molecule has 0 aliphatic heterocycles. The van der Waals surface area contributed by atoms with Gasteiger partial charge in [0.05, 0.1) is 0 Å². The quantitative estimate of drug-likeness (QED) is 0.881. The Hall–Kier alpha value is -1.87. The summed E-state index contributed by atoms with van der Waals surface area (Å²) in [7, 11) is 0. The number of nitrogens with one attached hydrogen (secondary N) is 1. The number of anilines is 1. The normalized spacial score (nSPS) is 16.1. The molecule has 3 heteroatoms. The highest BCUT2D eigenvalue weighted by Crippen LogP contribution is 2.27. The van der Waals surface area contributed by atoms with Crippen molar-refractivity contribution < 1.29 is 5.11 Å². The topological polar surface area (TPSA) is 45.2 Å². The highest BCUT2D eigenvalue weighted by atomic mass is 16.3. The Morgan fingerprint density at radius 2 is 1.95 bits per heavy atom. The van der Waals surface area contributed by atoms with Crippen LogP contribution >= 0.6 is 0 Å². The van der Waals surface area contributed by atoms with Crippen molar-refractivity contribution in [3.63, 3.8) is 0 Å². The van der Waals surface area contributed by atoms with Crippen LogP contribution in [0.3, 0.4) is 0 Å². The molecule has 19 heavy (non-hydrogen) atoms. The summed E-state index contributed by atoms with van der Waals surface area (Å²) in [6, 6.07) is 12.3. The fourth-order valence-corrected chi connectivity index (χ4v) is 2.15. The average Bonchev–Trinajstić information content (AvgIpc) is 3.25. The number of aryl methyl sites for hydroxylation is 1. The first-order chi connectivity index (χ1) is 9.24. The van der Waals surface area contributed by atoms with Gasteiger partial charge >= 0.3 is 0 Å². The van der Waals surface area contributed by atoms with Crippen LogP contribution in [0.25, 0.3) is 0 Å². The van der Waals surface area contributed by atoms with E-state index in [-0.39, 0.29) is 0 Å². The summed E-state index contributed by atoms with van der Waals surface area (Å²) < 4.78 is 0. The van der Waals surface area contributed by atoms with Gasteiger partial charge in [0.15, 0.2) is 0 Å². The van der Waals surface area contributed by atoms with Crippen molar-refractivity contribution in [1.29, 1.82) is 0 Å². The minimum Gasteiger partial charge on any atom is -0.384 e. The van der Waals surface area contributed by atoms with Crippen LogP contribution in [0.5, 0.6) is 0 Å². The van der Waals surface area contributed by atoms with Crippen molar-refractivity contribution in [3.8, 4) is 0 Å². The molecule has 3 rings (SSSR count). The van der Waals surface area contributed by atoms with Crippen molar-refractivity contribution in [2.75, 3.05) is 5.32 Å². The Balaban J connectivity index is 1.82. The van der Waals surface area contributed by atoms with E-state index in [2.05, 4.69) is 10.3 Å². The predicted octanol–water partition coefficient (Wildman–Crippen LogP) is 3.05. The molecule has 0 saturated heterocycles. The summed E-state index contributed by atoms with van der Waals surface area (Å²) >= 11 is 0. The van der Waals surface area contributed by atoms with Gasteiger partial charge in [-0.3, -0.25) is 0 Å². The number of benzene rings is 1. The molecule has 1 heterocycles. The molecule has 0 bridgehead atoms. The lowest BCUT2D eigenvalue weighted by atomic mass is 10.0. The molecule has 1 atom stereocenters. The molecule has 98 valence electrons. The van der Waals surface area contributed by atoms with E-state index in [0.717, 1.165) is 22.5 Å². The third-order valence-electron chi connectivity index (χ3n) is 3.45. The number of hydrogen-bond donors (Lipinski definition) is 2. The van der Waals surface area contributed by atoms with Gasteiger partial charge in [0.2, 0.25) is 0 Å². The van der Waals surface area contributed by atoms with Gasteiger partial charge in [-0.25, -0.2) is 4.98 Å². The van der Waals surface area contributed by atoms with Crippen LogP contribution in [0.2, 0.25) is 0 Å². The second-order valence-electron chi connectivity index (χ2n) is 5.17. The molecular formula is C16H18N2O. The van der Waals surface area contributed by atoms with E-state index in [4.69, 9.17) is 0 Å². The predicted molar refractivity (Wildman–Crippen MR) is 76.1 cm³/mol. The fraction of sp³-hybridized carbons (Fsp3) is 0.312. The molecule has 2 N–H and O–H groups in total. The van der Waals surface area contributed by atoms with E-state index in [9.17, 15) is 5.11 Å². The summed E-state index contributed by atoms with van der Waals surface area (Å²) in [5.74, 6) is 0.937. The van der Waals surface area contributed by atoms with Crippen LogP contribution in [0.1, 0.15) is 35.6 Å². The zero-order chi connectivity index (χ0) is 13.2. The molecule has 1 aliphatic rings. The van der Waals surface area contributed by atoms with Crippen molar-refractivity contribution >= 4 is 5.82 Å². The lowest BCUT2D eigenvalue weighted by molar-refractivity contribution is 0.220. The molecule has 1 aliphatic carbocycles. The Morgan fingerprint density at radius 3 is 2.58 bits per heavy atom. The van der Waals surface area contributed by atoms with E-state index in [1.807, 2.05) is 43.3 Å². The number of rotatable bonds is 4. The first kappa shape index (κ1) is 12.2. The van der Waals surface area contributed by atoms with E-state index < -0.39 is 6.10 Å². The maximum Gasteiger partial charge on any atom is 0.129 e. The molecule has 1 fully saturated rings. The lowest BCUT2D eigenvalue weighted by Crippen LogP contribution is -2.07. The monoisotopic (exact) mass is 254 g/mol. The van der Waals surface area contributed by atoms with Crippen LogP contribution in [0, 0.1) is 6.92 Å². The number of nitrogens with zero attached hydrogens (tertiary/aromatic N) is 1. The number of aliphatic hydroxyl groups excluding tert-OH is 1. The Bertz CT molecular complexity index is 564. The standard InChI is InChI=1S/C16H18N2O/c1-11-9-13(10-17-16(11)18-14-7-8-14)15(19)12-5-3-2-4-6-12/h2-6,9-10,14-15,19H,7-8H2,1H3,(H,17,18). The summed E-state index contributed by atoms with van der Waals surface area (Å²) in [5.41, 5.74) is 2.82. The first-order valence-corrected chi connectivity index (χ1v) is 6.70. The third-order valence-corrected chi connectivity index (χ3v) is 3.45. The van der Waals surface area contributed by atoms with Crippen LogP contribution in [-0.4, -0.2) is 16.1 Å². The molecule has 0 radical (unpaired) electrons. The second kappa shape index (κ2) is 5.02. The molecule has 1 aromatic heterocycles. The average molecular weight is 254 g/mol. The molecule has 1 saturated carbocycles. The van der Waals surface area contributed by atoms with E-state index in [0.29, 0.717) is 6.04 Å². The van der Waals surface area contributed by atoms with Crippen LogP contribution in [0.15, 0.2) is 42.6 Å². The number of aromatic nitrogens is 1. The van der Waals surface area contributed by atoms with Crippen LogP contribution in [-0.2, 0) is 0 Å². The van der Waals surface area contributed by atoms with E-state index in [1.165, 1.54) is 12.8 Å². The van der Waals surface area contributed by atoms with E-state index >= 15 is 0 Å². The first-order valence-electron chi connectivity index (χ1n) is 6.70. The maximum absolute atomic E-state index is 10.3. The Kier molecular flexibility index (Phi) is 3.22. The fourth-order valence-electron chi connectivity index (χ4n) is 2.15. The number of hydrogen-bond acceptors (Lipinski definition) is 3. The van der Waals surface area contributed by atoms with Crippen molar-refractivity contribution in [1.82, 2.24) is 4.98 Å². The number of aliphatic hydroxyl groups is 1. The Labute approximate surface area is 113 Å². The van der Waals surface area contributed by atoms with Crippen LogP contribution < -0.4 is 5.32 Å². The van der Waals surface area contributed by atoms with Gasteiger partial charge in [-0.15, -0.1) is 0 Å². The summed E-state index contributed by atoms with van der Waals surface area (Å²) in [5, 5.41) is 13.7. The van der Waals surface area contributed by atoms with Crippen molar-refractivity contribution in [2.45, 2.75) is 31.9 Å². The van der Waals surface area contributed by atoms with E-state index in [1.54, 1.807) is 6.20 Å². The van der Waals surface area contributed by atoms with Gasteiger partial charge in [-0.05, 0) is 37.0 Å². The SMILES string of the molecule is Cc1cc(C(O)c2ccccc2)cnc1NC1CC1. The zero-order valence-electron chi connectivity index (χ0n) is 11.0. The molecular weight excluding hydrogens is 236 g/mol. The van der Waals surface area contributed by atoms with Gasteiger partial charge in [-0.1, -0.05) is 30.3 Å². The minimum absolute atomic E-state index is 0.594. The van der Waals surface area contributed by atoms with Gasteiger partial charge in [0.1, 0.15) is 11.9 Å². The minimum atomic E-state index is -0.609. The lowest BCUT2D eigenvalue weighted by Gasteiger charge is -2.14. The zero-order valence-corrected chi connectivity index (χ0v) is 11.0. The smallest absolute Gasteiger partial charge is 0.129 e. The summed E-state index contributed by atoms with van der Waals surface area (Å²) in [4.78, 5) is 4.43. The molecule has 2 aromatic rings. The molecule has 1 unspecified atom stereocenters. The second-order valence-corrected chi connectivity index (χ2v) is 5.17. The van der Waals surface area contributed by atoms with Crippen molar-refractivity contribution in [3.05, 3.63) is 59.3 Å². The highest BCUT2D eigenvalue weighted by Gasteiger charge is 2.22. The Morgan fingerprint density at radius 1 is 1.21 bits per heavy atom. The van der Waals surface area contributed by atoms with Gasteiger partial charge in [-0.2, -0.15) is 0 Å². The molecule has 3 nitrogen and oxygen atoms in total. The van der Waals surface area contributed by atoms with Gasteiger partial charge < -0.3 is 10.4 Å². The van der Waals surface area contributed by atoms with Crippen LogP contribution in [0.4, 0.5) is 5.82 Å². The molecule has 1 aromatic carbocycles. The summed E-state index contributed by atoms with van der Waals surface area (Å²) in [6.45, 7) is 2.03. The third kappa shape index (κ3) is 2.76. The summed E-state index contributed by atoms with van der Waals surface area (Å²) in [6.07, 6.45) is 3.61. The van der Waals surface area contributed by atoms with Crippen molar-refractivity contribution in [2.24, 2.45) is 0 Å². The molecule has 0 amide bonds. The highest BCUT2D eigenvalue weighted by molar-refractivity contribution is 5.47. The van der Waals surface area contributed by atoms with Gasteiger partial charge in [0, 0.05) is 17.8 Å². The number of pyridine rings is 1.